The van der Waals surface area contributed by atoms with Gasteiger partial charge in [0.15, 0.2) is 23.0 Å². The van der Waals surface area contributed by atoms with Crippen LogP contribution in [0.3, 0.4) is 0 Å². The Hall–Kier alpha value is -2.48. The Morgan fingerprint density at radius 3 is 0.968 bits per heavy atom. The molecule has 170 valence electrons. The molecule has 0 saturated heterocycles. The highest BCUT2D eigenvalue weighted by atomic mass is 16.6. The highest BCUT2D eigenvalue weighted by Crippen LogP contribution is 2.27. The van der Waals surface area contributed by atoms with Gasteiger partial charge in [0.05, 0.1) is 26.4 Å². The van der Waals surface area contributed by atoms with E-state index in [4.69, 9.17) is 33.2 Å². The van der Waals surface area contributed by atoms with Gasteiger partial charge >= 0.3 is 0 Å². The maximum Gasteiger partial charge on any atom is 0.161 e. The lowest BCUT2D eigenvalue weighted by Crippen LogP contribution is -2.13. The van der Waals surface area contributed by atoms with Crippen LogP contribution in [0.1, 0.15) is 12.8 Å². The van der Waals surface area contributed by atoms with Crippen molar-refractivity contribution in [1.29, 1.82) is 0 Å². The molecule has 2 aromatic carbocycles. The summed E-state index contributed by atoms with van der Waals surface area (Å²) < 4.78 is 40.1. The molecule has 0 radical (unpaired) electrons. The van der Waals surface area contributed by atoms with Gasteiger partial charge in [-0.3, -0.25) is 0 Å². The third kappa shape index (κ3) is 9.04. The van der Waals surface area contributed by atoms with E-state index < -0.39 is 0 Å². The maximum atomic E-state index is 5.80. The third-order valence-electron chi connectivity index (χ3n) is 4.47. The van der Waals surface area contributed by atoms with Crippen molar-refractivity contribution < 1.29 is 33.2 Å². The first-order valence-corrected chi connectivity index (χ1v) is 10.9. The summed E-state index contributed by atoms with van der Waals surface area (Å²) in [5.74, 6) is 2.81. The van der Waals surface area contributed by atoms with Crippen LogP contribution in [-0.2, 0) is 14.2 Å². The largest absolute Gasteiger partial charge is 0.487 e. The normalized spacial score (nSPS) is 18.1. The Labute approximate surface area is 184 Å². The third-order valence-corrected chi connectivity index (χ3v) is 4.47. The molecule has 1 aliphatic rings. The first-order valence-electron chi connectivity index (χ1n) is 10.9. The monoisotopic (exact) mass is 432 g/mol. The summed E-state index contributed by atoms with van der Waals surface area (Å²) in [6.07, 6.45) is 1.88. The first kappa shape index (κ1) is 23.2. The predicted octanol–water partition coefficient (Wildman–Crippen LogP) is 3.75. The van der Waals surface area contributed by atoms with Crippen LogP contribution in [0.15, 0.2) is 48.5 Å². The van der Waals surface area contributed by atoms with Crippen molar-refractivity contribution in [2.24, 2.45) is 0 Å². The van der Waals surface area contributed by atoms with E-state index in [-0.39, 0.29) is 0 Å². The van der Waals surface area contributed by atoms with Gasteiger partial charge in [0, 0.05) is 13.2 Å². The minimum Gasteiger partial charge on any atom is -0.487 e. The van der Waals surface area contributed by atoms with E-state index in [1.807, 2.05) is 48.5 Å². The van der Waals surface area contributed by atoms with Crippen LogP contribution in [0.4, 0.5) is 0 Å². The van der Waals surface area contributed by atoms with Gasteiger partial charge in [-0.15, -0.1) is 0 Å². The molecule has 0 aromatic heterocycles. The molecule has 0 saturated carbocycles. The molecule has 0 N–H and O–H groups in total. The zero-order valence-corrected chi connectivity index (χ0v) is 18.0. The van der Waals surface area contributed by atoms with Crippen LogP contribution in [0, 0.1) is 0 Å². The fraction of sp³-hybridized carbons (Fsp3) is 0.500. The summed E-state index contributed by atoms with van der Waals surface area (Å²) in [6, 6.07) is 15.2. The second kappa shape index (κ2) is 14.5. The highest BCUT2D eigenvalue weighted by molar-refractivity contribution is 5.40. The second-order valence-electron chi connectivity index (χ2n) is 6.83. The average Bonchev–Trinajstić information content (AvgIpc) is 2.80. The van der Waals surface area contributed by atoms with Crippen LogP contribution < -0.4 is 18.9 Å². The van der Waals surface area contributed by atoms with E-state index in [1.54, 1.807) is 0 Å². The van der Waals surface area contributed by atoms with Gasteiger partial charge < -0.3 is 33.2 Å². The van der Waals surface area contributed by atoms with Gasteiger partial charge in [-0.1, -0.05) is 24.3 Å². The number of fused-ring (bicyclic) bond motifs is 2. The standard InChI is InChI=1S/C24H32O7/c1-3-9-23-21(7-1)28-17-13-25-11-5-6-12-26-14-18-29-22-8-2-4-10-24(22)31-20-16-27-15-19-30-23/h1-4,7-10H,5-6,11-20H2. The summed E-state index contributed by atoms with van der Waals surface area (Å²) in [4.78, 5) is 0. The Bertz CT molecular complexity index is 676. The number of benzene rings is 2. The number of rotatable bonds is 0. The van der Waals surface area contributed by atoms with Gasteiger partial charge in [0.2, 0.25) is 0 Å². The van der Waals surface area contributed by atoms with E-state index in [9.17, 15) is 0 Å². The molecule has 0 amide bonds. The van der Waals surface area contributed by atoms with Crippen molar-refractivity contribution in [3.63, 3.8) is 0 Å². The number of para-hydroxylation sites is 4. The molecular formula is C24H32O7. The lowest BCUT2D eigenvalue weighted by atomic mass is 10.3. The van der Waals surface area contributed by atoms with Crippen molar-refractivity contribution in [2.45, 2.75) is 12.8 Å². The van der Waals surface area contributed by atoms with Crippen LogP contribution >= 0.6 is 0 Å². The SMILES string of the molecule is c1ccc2c(c1)OCCOCCCCOCCOc1ccccc1OCCOCCO2. The Morgan fingerprint density at radius 1 is 0.355 bits per heavy atom. The molecular weight excluding hydrogens is 400 g/mol. The van der Waals surface area contributed by atoms with Gasteiger partial charge in [-0.2, -0.15) is 0 Å². The van der Waals surface area contributed by atoms with Crippen molar-refractivity contribution in [3.8, 4) is 23.0 Å². The predicted molar refractivity (Wildman–Crippen MR) is 117 cm³/mol. The number of hydrogen-bond donors (Lipinski definition) is 0. The summed E-state index contributed by atoms with van der Waals surface area (Å²) >= 11 is 0. The molecule has 31 heavy (non-hydrogen) atoms. The van der Waals surface area contributed by atoms with E-state index in [1.165, 1.54) is 0 Å². The minimum atomic E-state index is 0.427. The summed E-state index contributed by atoms with van der Waals surface area (Å²) in [5.41, 5.74) is 0. The van der Waals surface area contributed by atoms with Crippen LogP contribution in [0.5, 0.6) is 23.0 Å². The Kier molecular flexibility index (Phi) is 10.9. The molecule has 0 bridgehead atoms. The quantitative estimate of drug-likeness (QED) is 0.628. The molecule has 1 aliphatic heterocycles. The van der Waals surface area contributed by atoms with Gasteiger partial charge in [-0.05, 0) is 37.1 Å². The van der Waals surface area contributed by atoms with Gasteiger partial charge in [0.25, 0.3) is 0 Å². The Balaban J connectivity index is 1.49. The molecule has 0 fully saturated rings. The van der Waals surface area contributed by atoms with Crippen LogP contribution in [-0.4, -0.2) is 66.1 Å². The van der Waals surface area contributed by atoms with E-state index in [0.29, 0.717) is 89.1 Å². The van der Waals surface area contributed by atoms with Crippen molar-refractivity contribution in [3.05, 3.63) is 48.5 Å². The molecule has 7 heteroatoms. The molecule has 7 nitrogen and oxygen atoms in total. The lowest BCUT2D eigenvalue weighted by molar-refractivity contribution is 0.0731. The van der Waals surface area contributed by atoms with Gasteiger partial charge in [-0.25, -0.2) is 0 Å². The average molecular weight is 433 g/mol. The second-order valence-corrected chi connectivity index (χ2v) is 6.83. The minimum absolute atomic E-state index is 0.427. The smallest absolute Gasteiger partial charge is 0.161 e. The van der Waals surface area contributed by atoms with E-state index in [2.05, 4.69) is 0 Å². The Morgan fingerprint density at radius 2 is 0.645 bits per heavy atom. The van der Waals surface area contributed by atoms with Gasteiger partial charge in [0.1, 0.15) is 26.4 Å². The molecule has 1 heterocycles. The summed E-state index contributed by atoms with van der Waals surface area (Å²) in [7, 11) is 0. The molecule has 0 aliphatic carbocycles. The van der Waals surface area contributed by atoms with Crippen molar-refractivity contribution in [2.75, 3.05) is 66.1 Å². The molecule has 0 unspecified atom stereocenters. The molecule has 2 aromatic rings. The molecule has 0 atom stereocenters. The maximum absolute atomic E-state index is 5.80. The van der Waals surface area contributed by atoms with Crippen molar-refractivity contribution in [1.82, 2.24) is 0 Å². The number of ether oxygens (including phenoxy) is 7. The first-order chi connectivity index (χ1) is 15.4. The van der Waals surface area contributed by atoms with Crippen LogP contribution in [0.25, 0.3) is 0 Å². The fourth-order valence-corrected chi connectivity index (χ4v) is 2.93. The molecule has 0 spiro atoms. The summed E-state index contributed by atoms with van der Waals surface area (Å²) in [6.45, 7) is 5.15. The molecule has 3 rings (SSSR count). The number of hydrogen-bond acceptors (Lipinski definition) is 7. The van der Waals surface area contributed by atoms with Crippen molar-refractivity contribution >= 4 is 0 Å². The van der Waals surface area contributed by atoms with Crippen LogP contribution in [0.2, 0.25) is 0 Å². The zero-order chi connectivity index (χ0) is 21.4. The highest BCUT2D eigenvalue weighted by Gasteiger charge is 2.06. The topological polar surface area (TPSA) is 64.6 Å². The zero-order valence-electron chi connectivity index (χ0n) is 18.0. The fourth-order valence-electron chi connectivity index (χ4n) is 2.93. The lowest BCUT2D eigenvalue weighted by Gasteiger charge is -2.14. The van der Waals surface area contributed by atoms with E-state index in [0.717, 1.165) is 12.8 Å². The summed E-state index contributed by atoms with van der Waals surface area (Å²) in [5, 5.41) is 0. The van der Waals surface area contributed by atoms with E-state index >= 15 is 0 Å².